The minimum absolute atomic E-state index is 0. The summed E-state index contributed by atoms with van der Waals surface area (Å²) in [5.41, 5.74) is 9.28. The van der Waals surface area contributed by atoms with Gasteiger partial charge in [-0.15, -0.1) is 59.7 Å². The Kier molecular flexibility index (Phi) is 8.94. The molecule has 0 aliphatic rings. The Morgan fingerprint density at radius 2 is 1.35 bits per heavy atom. The Hall–Kier alpha value is -4.89. The van der Waals surface area contributed by atoms with Crippen LogP contribution in [0, 0.1) is 19.1 Å². The van der Waals surface area contributed by atoms with Gasteiger partial charge < -0.3 is 14.4 Å². The molecule has 227 valence electrons. The number of hydrogen-bond acceptors (Lipinski definition) is 3. The summed E-state index contributed by atoms with van der Waals surface area (Å²) in [5.74, 6) is 0. The van der Waals surface area contributed by atoms with Crippen molar-refractivity contribution in [1.29, 1.82) is 0 Å². The molecule has 0 saturated carbocycles. The average molecular weight is 773 g/mol. The Bertz CT molecular complexity index is 2200. The fourth-order valence-corrected chi connectivity index (χ4v) is 5.98. The van der Waals surface area contributed by atoms with Gasteiger partial charge in [0.25, 0.3) is 0 Å². The van der Waals surface area contributed by atoms with Crippen molar-refractivity contribution >= 4 is 32.7 Å². The minimum atomic E-state index is -0.131. The predicted octanol–water partition coefficient (Wildman–Crippen LogP) is 10.8. The topological polar surface area (TPSA) is 38.9 Å². The van der Waals surface area contributed by atoms with E-state index in [4.69, 9.17) is 9.40 Å². The summed E-state index contributed by atoms with van der Waals surface area (Å²) in [5, 5.41) is 4.61. The van der Waals surface area contributed by atoms with E-state index in [1.165, 1.54) is 27.5 Å². The van der Waals surface area contributed by atoms with Crippen LogP contribution in [-0.2, 0) is 25.5 Å². The number of hydrogen-bond donors (Lipinski definition) is 0. The summed E-state index contributed by atoms with van der Waals surface area (Å²) < 4.78 is 6.15. The summed E-state index contributed by atoms with van der Waals surface area (Å²) in [4.78, 5) is 8.99. The molecule has 8 aromatic rings. The molecule has 1 radical (unpaired) electrons. The number of furan rings is 1. The van der Waals surface area contributed by atoms with Gasteiger partial charge in [-0.25, -0.2) is 0 Å². The Labute approximate surface area is 283 Å². The van der Waals surface area contributed by atoms with E-state index in [-0.39, 0.29) is 25.5 Å². The van der Waals surface area contributed by atoms with Crippen LogP contribution >= 0.6 is 0 Å². The molecule has 0 bridgehead atoms. The van der Waals surface area contributed by atoms with Gasteiger partial charge >= 0.3 is 0 Å². The van der Waals surface area contributed by atoms with Gasteiger partial charge in [0.2, 0.25) is 0 Å². The normalized spacial score (nSPS) is 11.2. The van der Waals surface area contributed by atoms with Crippen LogP contribution in [0.2, 0.25) is 0 Å². The molecule has 3 aromatic heterocycles. The van der Waals surface area contributed by atoms with Gasteiger partial charge in [-0.3, -0.25) is 0 Å². The van der Waals surface area contributed by atoms with Gasteiger partial charge in [0, 0.05) is 43.3 Å². The van der Waals surface area contributed by atoms with Gasteiger partial charge in [-0.2, -0.15) is 0 Å². The molecule has 8 rings (SSSR count). The first-order chi connectivity index (χ1) is 22.0. The van der Waals surface area contributed by atoms with Crippen molar-refractivity contribution in [2.24, 2.45) is 0 Å². The van der Waals surface area contributed by atoms with Crippen molar-refractivity contribution in [2.75, 3.05) is 0 Å². The van der Waals surface area contributed by atoms with Crippen LogP contribution in [0.1, 0.15) is 30.5 Å². The van der Waals surface area contributed by atoms with Gasteiger partial charge in [-0.1, -0.05) is 92.0 Å². The summed E-state index contributed by atoms with van der Waals surface area (Å²) in [6.07, 6.45) is 3.77. The molecule has 5 aromatic carbocycles. The first-order valence-electron chi connectivity index (χ1n) is 15.2. The Morgan fingerprint density at radius 1 is 0.630 bits per heavy atom. The molecule has 0 atom stereocenters. The third-order valence-corrected chi connectivity index (χ3v) is 8.47. The molecular formula is C42H32IrN2O-2. The van der Waals surface area contributed by atoms with Gasteiger partial charge in [0.15, 0.2) is 0 Å². The van der Waals surface area contributed by atoms with Crippen LogP contribution in [0.4, 0.5) is 0 Å². The van der Waals surface area contributed by atoms with Crippen molar-refractivity contribution in [1.82, 2.24) is 9.97 Å². The second-order valence-corrected chi connectivity index (χ2v) is 11.8. The Morgan fingerprint density at radius 3 is 2.09 bits per heavy atom. The molecule has 0 amide bonds. The first kappa shape index (κ1) is 31.1. The quantitative estimate of drug-likeness (QED) is 0.167. The van der Waals surface area contributed by atoms with Crippen molar-refractivity contribution in [3.63, 3.8) is 0 Å². The number of benzene rings is 5. The van der Waals surface area contributed by atoms with E-state index in [0.717, 1.165) is 44.5 Å². The number of pyridine rings is 2. The van der Waals surface area contributed by atoms with Crippen LogP contribution in [0.3, 0.4) is 0 Å². The Balaban J connectivity index is 0.000000241. The zero-order valence-electron chi connectivity index (χ0n) is 25.9. The number of aromatic nitrogens is 2. The molecule has 0 unspecified atom stereocenters. The van der Waals surface area contributed by atoms with Crippen LogP contribution in [-0.4, -0.2) is 9.97 Å². The largest absolute Gasteiger partial charge is 0.500 e. The summed E-state index contributed by atoms with van der Waals surface area (Å²) >= 11 is 0. The third-order valence-electron chi connectivity index (χ3n) is 8.47. The van der Waals surface area contributed by atoms with Crippen LogP contribution in [0.15, 0.2) is 144 Å². The number of aryl methyl sites for hydroxylation is 1. The summed E-state index contributed by atoms with van der Waals surface area (Å²) in [7, 11) is 0. The van der Waals surface area contributed by atoms with Crippen molar-refractivity contribution in [3.05, 3.63) is 169 Å². The minimum Gasteiger partial charge on any atom is -0.500 e. The predicted molar refractivity (Wildman–Crippen MR) is 185 cm³/mol. The van der Waals surface area contributed by atoms with Crippen molar-refractivity contribution in [2.45, 2.75) is 26.2 Å². The maximum Gasteiger partial charge on any atom is 0.121 e. The van der Waals surface area contributed by atoms with E-state index in [1.54, 1.807) is 6.20 Å². The smallest absolute Gasteiger partial charge is 0.121 e. The molecule has 4 heteroatoms. The molecule has 3 heterocycles. The van der Waals surface area contributed by atoms with Crippen LogP contribution < -0.4 is 0 Å². The number of fused-ring (bicyclic) bond motifs is 4. The molecule has 0 aliphatic carbocycles. The second-order valence-electron chi connectivity index (χ2n) is 11.8. The number of nitrogens with zero attached hydrogens (tertiary/aromatic N) is 2. The van der Waals surface area contributed by atoms with E-state index in [9.17, 15) is 0 Å². The second kappa shape index (κ2) is 13.2. The van der Waals surface area contributed by atoms with E-state index in [2.05, 4.69) is 117 Å². The molecule has 0 aliphatic heterocycles. The molecular weight excluding hydrogens is 741 g/mol. The van der Waals surface area contributed by atoms with Gasteiger partial charge in [0.1, 0.15) is 5.58 Å². The van der Waals surface area contributed by atoms with Crippen LogP contribution in [0.5, 0.6) is 0 Å². The third kappa shape index (κ3) is 6.15. The van der Waals surface area contributed by atoms with E-state index in [1.807, 2.05) is 54.7 Å². The van der Waals surface area contributed by atoms with Crippen LogP contribution in [0.25, 0.3) is 55.2 Å². The van der Waals surface area contributed by atoms with Gasteiger partial charge in [0.05, 0.1) is 5.58 Å². The molecule has 0 N–H and O–H groups in total. The summed E-state index contributed by atoms with van der Waals surface area (Å²) in [6.45, 7) is 6.69. The maximum absolute atomic E-state index is 6.15. The molecule has 3 nitrogen and oxygen atoms in total. The van der Waals surface area contributed by atoms with Gasteiger partial charge in [-0.05, 0) is 64.0 Å². The molecule has 46 heavy (non-hydrogen) atoms. The number of rotatable bonds is 4. The zero-order valence-corrected chi connectivity index (χ0v) is 28.3. The monoisotopic (exact) mass is 773 g/mol. The molecule has 0 spiro atoms. The fraction of sp³-hybridized carbons (Fsp3) is 0.0952. The molecule has 0 fully saturated rings. The van der Waals surface area contributed by atoms with E-state index < -0.39 is 0 Å². The molecule has 0 saturated heterocycles. The average Bonchev–Trinajstić information content (AvgIpc) is 3.45. The maximum atomic E-state index is 6.15. The standard InChI is InChI=1S/C31H24NO.C11H8N.Ir/c1-20-19-32-28(18-27(20)31(2,3)24-11-5-4-6-12-24)23-13-14-29-25(16-23)26-15-21-9-7-8-10-22(21)17-30(26)33-29;1-2-6-10(7-3-1)11-8-4-5-9-12-11;/h4-12,14-19H,1-3H3;1-6,8-9H;/q2*-1;. The van der Waals surface area contributed by atoms with E-state index >= 15 is 0 Å². The SMILES string of the molecule is Cc1cnc(-c2[c-]cc3oc4cc5ccccc5cc4c3c2)cc1C(C)(C)c1ccccc1.[Ir].[c-]1ccccc1-c1ccccn1. The van der Waals surface area contributed by atoms with E-state index in [0.29, 0.717) is 0 Å². The van der Waals surface area contributed by atoms with Crippen molar-refractivity contribution in [3.8, 4) is 22.5 Å². The first-order valence-corrected chi connectivity index (χ1v) is 15.2. The fourth-order valence-electron chi connectivity index (χ4n) is 5.98. The summed E-state index contributed by atoms with van der Waals surface area (Å²) in [6, 6.07) is 49.9. The zero-order chi connectivity index (χ0) is 30.8. The van der Waals surface area contributed by atoms with Crippen molar-refractivity contribution < 1.29 is 24.5 Å².